The summed E-state index contributed by atoms with van der Waals surface area (Å²) in [5.41, 5.74) is 4.81. The van der Waals surface area contributed by atoms with Crippen molar-refractivity contribution in [1.82, 2.24) is 4.98 Å². The lowest BCUT2D eigenvalue weighted by Crippen LogP contribution is -1.95. The van der Waals surface area contributed by atoms with E-state index in [-0.39, 0.29) is 6.61 Å². The summed E-state index contributed by atoms with van der Waals surface area (Å²) in [7, 11) is 0. The molecule has 2 N–H and O–H groups in total. The van der Waals surface area contributed by atoms with E-state index in [4.69, 9.17) is 4.74 Å². The molecule has 0 aliphatic rings. The van der Waals surface area contributed by atoms with E-state index in [1.54, 1.807) is 17.5 Å². The Morgan fingerprint density at radius 3 is 2.36 bits per heavy atom. The molecule has 0 fully saturated rings. The molecule has 3 aromatic carbocycles. The van der Waals surface area contributed by atoms with Crippen LogP contribution < -0.4 is 10.1 Å². The highest BCUT2D eigenvalue weighted by molar-refractivity contribution is 7.22. The fourth-order valence-electron chi connectivity index (χ4n) is 3.48. The van der Waals surface area contributed by atoms with Gasteiger partial charge in [-0.05, 0) is 53.6 Å². The minimum atomic E-state index is 0.0169. The number of aliphatic hydroxyl groups excluding tert-OH is 1. The number of pyridine rings is 1. The molecule has 0 unspecified atom stereocenters. The Kier molecular flexibility index (Phi) is 5.73. The zero-order valence-electron chi connectivity index (χ0n) is 17.5. The van der Waals surface area contributed by atoms with Crippen LogP contribution in [-0.4, -0.2) is 10.1 Å². The number of hydrogen-bond acceptors (Lipinski definition) is 6. The Morgan fingerprint density at radius 1 is 0.939 bits per heavy atom. The first-order valence-electron chi connectivity index (χ1n) is 10.4. The monoisotopic (exact) mass is 449 g/mol. The van der Waals surface area contributed by atoms with Gasteiger partial charge in [-0.2, -0.15) is 5.26 Å². The number of nitriles is 1. The van der Waals surface area contributed by atoms with Crippen LogP contribution in [0.3, 0.4) is 0 Å². The Morgan fingerprint density at radius 2 is 1.67 bits per heavy atom. The van der Waals surface area contributed by atoms with Crippen LogP contribution in [0.5, 0.6) is 11.5 Å². The van der Waals surface area contributed by atoms with E-state index >= 15 is 0 Å². The van der Waals surface area contributed by atoms with Crippen molar-refractivity contribution < 1.29 is 9.84 Å². The van der Waals surface area contributed by atoms with Gasteiger partial charge in [0.05, 0.1) is 28.1 Å². The number of thiophene rings is 1. The molecule has 0 spiro atoms. The normalized spacial score (nSPS) is 10.7. The van der Waals surface area contributed by atoms with Crippen molar-refractivity contribution in [3.8, 4) is 28.0 Å². The number of rotatable bonds is 6. The molecule has 0 bridgehead atoms. The average Bonchev–Trinajstić information content (AvgIpc) is 3.31. The zero-order valence-corrected chi connectivity index (χ0v) is 18.3. The summed E-state index contributed by atoms with van der Waals surface area (Å²) in [6, 6.07) is 29.3. The van der Waals surface area contributed by atoms with Crippen LogP contribution in [0.15, 0.2) is 91.1 Å². The van der Waals surface area contributed by atoms with Crippen molar-refractivity contribution in [2.24, 2.45) is 0 Å². The smallest absolute Gasteiger partial charge is 0.127 e. The zero-order chi connectivity index (χ0) is 22.6. The van der Waals surface area contributed by atoms with E-state index in [0.29, 0.717) is 5.56 Å². The van der Waals surface area contributed by atoms with Gasteiger partial charge in [-0.25, -0.2) is 0 Å². The number of aromatic nitrogens is 1. The van der Waals surface area contributed by atoms with Crippen molar-refractivity contribution in [2.45, 2.75) is 6.61 Å². The van der Waals surface area contributed by atoms with Crippen molar-refractivity contribution in [3.05, 3.63) is 102 Å². The Labute approximate surface area is 195 Å². The molecule has 5 aromatic rings. The molecule has 6 heteroatoms. The number of fused-ring (bicyclic) bond motifs is 1. The van der Waals surface area contributed by atoms with Crippen LogP contribution in [0.2, 0.25) is 0 Å². The fourth-order valence-corrected chi connectivity index (χ4v) is 4.60. The molecule has 0 saturated heterocycles. The summed E-state index contributed by atoms with van der Waals surface area (Å²) in [4.78, 5) is 5.53. The fraction of sp³-hybridized carbons (Fsp3) is 0.0370. The molecule has 0 amide bonds. The van der Waals surface area contributed by atoms with Crippen molar-refractivity contribution >= 4 is 32.9 Å². The van der Waals surface area contributed by atoms with Crippen LogP contribution >= 0.6 is 11.3 Å². The Hall–Kier alpha value is -4.18. The third kappa shape index (κ3) is 4.41. The second-order valence-electron chi connectivity index (χ2n) is 7.40. The lowest BCUT2D eigenvalue weighted by molar-refractivity contribution is 0.282. The van der Waals surface area contributed by atoms with Crippen LogP contribution in [0.4, 0.5) is 11.4 Å². The average molecular weight is 450 g/mol. The van der Waals surface area contributed by atoms with Gasteiger partial charge in [0.1, 0.15) is 17.6 Å². The number of para-hydroxylation sites is 1. The molecule has 0 radical (unpaired) electrons. The third-order valence-electron chi connectivity index (χ3n) is 5.19. The molecule has 0 saturated carbocycles. The summed E-state index contributed by atoms with van der Waals surface area (Å²) in [5.74, 6) is 1.51. The highest BCUT2D eigenvalue weighted by atomic mass is 32.1. The molecular weight excluding hydrogens is 430 g/mol. The van der Waals surface area contributed by atoms with Gasteiger partial charge < -0.3 is 15.2 Å². The molecule has 160 valence electrons. The molecule has 33 heavy (non-hydrogen) atoms. The third-order valence-corrected chi connectivity index (χ3v) is 6.38. The maximum Gasteiger partial charge on any atom is 0.127 e. The number of hydrogen-bond donors (Lipinski definition) is 2. The second kappa shape index (κ2) is 9.13. The molecule has 0 aliphatic carbocycles. The first-order chi connectivity index (χ1) is 16.2. The largest absolute Gasteiger partial charge is 0.457 e. The molecule has 0 aliphatic heterocycles. The predicted molar refractivity (Wildman–Crippen MR) is 132 cm³/mol. The maximum absolute atomic E-state index is 9.68. The number of nitrogens with one attached hydrogen (secondary N) is 1. The van der Waals surface area contributed by atoms with Gasteiger partial charge in [0, 0.05) is 16.8 Å². The predicted octanol–water partition coefficient (Wildman–Crippen LogP) is 6.86. The van der Waals surface area contributed by atoms with Crippen molar-refractivity contribution in [1.29, 1.82) is 5.26 Å². The summed E-state index contributed by atoms with van der Waals surface area (Å²) in [6.07, 6.45) is 1.60. The summed E-state index contributed by atoms with van der Waals surface area (Å²) in [5, 5.41) is 22.4. The molecule has 0 atom stereocenters. The van der Waals surface area contributed by atoms with Gasteiger partial charge in [0.2, 0.25) is 0 Å². The lowest BCUT2D eigenvalue weighted by Gasteiger charge is -2.10. The number of nitrogens with zero attached hydrogens (tertiary/aromatic N) is 2. The van der Waals surface area contributed by atoms with E-state index in [0.717, 1.165) is 49.1 Å². The second-order valence-corrected chi connectivity index (χ2v) is 8.46. The molecule has 5 rings (SSSR count). The highest BCUT2D eigenvalue weighted by Crippen LogP contribution is 2.39. The quantitative estimate of drug-likeness (QED) is 0.296. The molecular formula is C27H19N3O2S. The first kappa shape index (κ1) is 20.7. The van der Waals surface area contributed by atoms with Crippen LogP contribution in [0.25, 0.3) is 20.7 Å². The Bertz CT molecular complexity index is 1440. The number of ether oxygens (including phenoxy) is 1. The minimum absolute atomic E-state index is 0.0169. The van der Waals surface area contributed by atoms with E-state index in [2.05, 4.69) is 16.4 Å². The number of aliphatic hydroxyl groups is 1. The van der Waals surface area contributed by atoms with Gasteiger partial charge in [-0.15, -0.1) is 11.3 Å². The topological polar surface area (TPSA) is 78.2 Å². The summed E-state index contributed by atoms with van der Waals surface area (Å²) < 4.78 is 6.78. The highest BCUT2D eigenvalue weighted by Gasteiger charge is 2.14. The first-order valence-corrected chi connectivity index (χ1v) is 11.2. The Balaban J connectivity index is 1.45. The van der Waals surface area contributed by atoms with Gasteiger partial charge >= 0.3 is 0 Å². The SMILES string of the molecule is N#Cc1cnc2cc(-c3ccc(CO)cc3)sc2c1Nc1ccc(Oc2ccccc2)cc1. The summed E-state index contributed by atoms with van der Waals surface area (Å²) in [6.45, 7) is 0.0169. The summed E-state index contributed by atoms with van der Waals surface area (Å²) >= 11 is 1.58. The van der Waals surface area contributed by atoms with E-state index in [1.807, 2.05) is 84.9 Å². The van der Waals surface area contributed by atoms with Crippen LogP contribution in [-0.2, 0) is 6.61 Å². The van der Waals surface area contributed by atoms with Gasteiger partial charge in [0.25, 0.3) is 0 Å². The standard InChI is InChI=1S/C27H19N3O2S/c28-15-20-16-29-24-14-25(19-8-6-18(17-31)7-9-19)33-27(24)26(20)30-21-10-12-23(13-11-21)32-22-4-2-1-3-5-22/h1-14,16,31H,17H2,(H,29,30). The maximum atomic E-state index is 9.68. The van der Waals surface area contributed by atoms with Gasteiger partial charge in [-0.1, -0.05) is 42.5 Å². The van der Waals surface area contributed by atoms with Gasteiger partial charge in [-0.3, -0.25) is 4.98 Å². The molecule has 5 nitrogen and oxygen atoms in total. The molecule has 2 aromatic heterocycles. The molecule has 2 heterocycles. The number of anilines is 2. The minimum Gasteiger partial charge on any atom is -0.457 e. The van der Waals surface area contributed by atoms with E-state index in [9.17, 15) is 10.4 Å². The van der Waals surface area contributed by atoms with Crippen molar-refractivity contribution in [3.63, 3.8) is 0 Å². The van der Waals surface area contributed by atoms with Gasteiger partial charge in [0.15, 0.2) is 0 Å². The lowest BCUT2D eigenvalue weighted by atomic mass is 10.1. The number of benzene rings is 3. The van der Waals surface area contributed by atoms with Crippen LogP contribution in [0.1, 0.15) is 11.1 Å². The van der Waals surface area contributed by atoms with E-state index < -0.39 is 0 Å². The van der Waals surface area contributed by atoms with E-state index in [1.165, 1.54) is 0 Å². The van der Waals surface area contributed by atoms with Crippen LogP contribution in [0, 0.1) is 11.3 Å². The van der Waals surface area contributed by atoms with Crippen molar-refractivity contribution in [2.75, 3.05) is 5.32 Å².